The number of hydrogen-bond donors (Lipinski definition) is 1. The number of allylic oxidation sites excluding steroid dienone is 1. The van der Waals surface area contributed by atoms with Crippen LogP contribution >= 0.6 is 11.6 Å². The molecule has 0 heterocycles. The number of alkyl halides is 1. The second-order valence-electron chi connectivity index (χ2n) is 9.38. The largest absolute Gasteiger partial charge is 0.381 e. The molecule has 0 bridgehead atoms. The molecule has 25 heavy (non-hydrogen) atoms. The minimum atomic E-state index is -1.25. The summed E-state index contributed by atoms with van der Waals surface area (Å²) in [5.41, 5.74) is -0.0969. The van der Waals surface area contributed by atoms with Gasteiger partial charge in [0, 0.05) is 11.8 Å². The van der Waals surface area contributed by atoms with Crippen molar-refractivity contribution in [1.29, 1.82) is 0 Å². The van der Waals surface area contributed by atoms with Gasteiger partial charge in [0.1, 0.15) is 5.60 Å². The minimum Gasteiger partial charge on any atom is -0.381 e. The van der Waals surface area contributed by atoms with Crippen molar-refractivity contribution in [3.05, 3.63) is 11.6 Å². The Hall–Kier alpha value is -0.670. The normalized spacial score (nSPS) is 49.0. The molecule has 0 aliphatic heterocycles. The molecule has 3 nitrogen and oxygen atoms in total. The molecule has 0 aromatic heterocycles. The van der Waals surface area contributed by atoms with Crippen LogP contribution in [0.15, 0.2) is 11.6 Å². The molecule has 138 valence electrons. The molecular formula is C21H29ClO3. The summed E-state index contributed by atoms with van der Waals surface area (Å²) in [7, 11) is 0. The molecule has 4 aliphatic rings. The molecular weight excluding hydrogens is 336 g/mol. The highest BCUT2D eigenvalue weighted by Crippen LogP contribution is 2.67. The summed E-state index contributed by atoms with van der Waals surface area (Å²) in [6.45, 7) is 4.49. The maximum Gasteiger partial charge on any atom is 0.179 e. The maximum atomic E-state index is 12.5. The first-order valence-corrected chi connectivity index (χ1v) is 10.4. The topological polar surface area (TPSA) is 54.4 Å². The predicted molar refractivity (Wildman–Crippen MR) is 97.4 cm³/mol. The molecule has 1 N–H and O–H groups in total. The molecule has 4 rings (SSSR count). The van der Waals surface area contributed by atoms with Gasteiger partial charge in [0.05, 0.1) is 5.88 Å². The van der Waals surface area contributed by atoms with E-state index in [0.29, 0.717) is 30.6 Å². The van der Waals surface area contributed by atoms with Crippen LogP contribution in [0.25, 0.3) is 0 Å². The van der Waals surface area contributed by atoms with E-state index in [2.05, 4.69) is 13.8 Å². The van der Waals surface area contributed by atoms with E-state index in [1.165, 1.54) is 5.57 Å². The summed E-state index contributed by atoms with van der Waals surface area (Å²) in [6, 6.07) is 0. The summed E-state index contributed by atoms with van der Waals surface area (Å²) in [6.07, 6.45) is 9.04. The molecule has 3 unspecified atom stereocenters. The number of ketones is 2. The van der Waals surface area contributed by atoms with Crippen molar-refractivity contribution in [3.8, 4) is 0 Å². The molecule has 0 amide bonds. The van der Waals surface area contributed by atoms with Crippen molar-refractivity contribution < 1.29 is 14.7 Å². The van der Waals surface area contributed by atoms with Crippen LogP contribution in [0.5, 0.6) is 0 Å². The molecule has 0 spiro atoms. The lowest BCUT2D eigenvalue weighted by molar-refractivity contribution is -0.159. The Morgan fingerprint density at radius 2 is 1.88 bits per heavy atom. The summed E-state index contributed by atoms with van der Waals surface area (Å²) in [4.78, 5) is 24.3. The van der Waals surface area contributed by atoms with Gasteiger partial charge in [-0.2, -0.15) is 0 Å². The van der Waals surface area contributed by atoms with Gasteiger partial charge in [-0.3, -0.25) is 9.59 Å². The van der Waals surface area contributed by atoms with Crippen LogP contribution in [0.2, 0.25) is 0 Å². The molecule has 0 saturated heterocycles. The van der Waals surface area contributed by atoms with Gasteiger partial charge < -0.3 is 5.11 Å². The van der Waals surface area contributed by atoms with Gasteiger partial charge in [0.2, 0.25) is 0 Å². The number of carbonyl (C=O) groups is 2. The number of fused-ring (bicyclic) bond motifs is 5. The van der Waals surface area contributed by atoms with Crippen molar-refractivity contribution in [2.75, 3.05) is 5.88 Å². The lowest BCUT2D eigenvalue weighted by Gasteiger charge is -2.58. The van der Waals surface area contributed by atoms with Gasteiger partial charge >= 0.3 is 0 Å². The molecule has 4 aliphatic carbocycles. The zero-order chi connectivity index (χ0) is 18.0. The van der Waals surface area contributed by atoms with E-state index in [1.54, 1.807) is 0 Å². The van der Waals surface area contributed by atoms with Crippen LogP contribution in [0.1, 0.15) is 65.2 Å². The second-order valence-corrected chi connectivity index (χ2v) is 9.65. The number of Topliss-reactive ketones (excluding diaryl/α,β-unsaturated/α-hetero) is 1. The van der Waals surface area contributed by atoms with Crippen LogP contribution < -0.4 is 0 Å². The molecule has 0 radical (unpaired) electrons. The Labute approximate surface area is 155 Å². The average molecular weight is 365 g/mol. The van der Waals surface area contributed by atoms with E-state index in [4.69, 9.17) is 11.6 Å². The quantitative estimate of drug-likeness (QED) is 0.752. The Bertz CT molecular complexity index is 656. The van der Waals surface area contributed by atoms with Crippen molar-refractivity contribution in [3.63, 3.8) is 0 Å². The molecule has 3 fully saturated rings. The van der Waals surface area contributed by atoms with Crippen molar-refractivity contribution >= 4 is 23.2 Å². The Kier molecular flexibility index (Phi) is 4.01. The average Bonchev–Trinajstić information content (AvgIpc) is 2.87. The van der Waals surface area contributed by atoms with E-state index in [1.807, 2.05) is 6.08 Å². The Balaban J connectivity index is 1.68. The smallest absolute Gasteiger partial charge is 0.179 e. The third kappa shape index (κ3) is 2.21. The van der Waals surface area contributed by atoms with E-state index in [-0.39, 0.29) is 28.3 Å². The summed E-state index contributed by atoms with van der Waals surface area (Å²) in [5, 5.41) is 11.2. The van der Waals surface area contributed by atoms with Gasteiger partial charge in [-0.1, -0.05) is 19.4 Å². The van der Waals surface area contributed by atoms with Crippen LogP contribution in [-0.4, -0.2) is 28.2 Å². The minimum absolute atomic E-state index is 0.0976. The SMILES string of the molecule is C[C@]12CCC(=O)C=C1CCC1C2CC[C@@]2(C)C1CC[C@]2(O)C(=O)CCl. The monoisotopic (exact) mass is 364 g/mol. The fraction of sp³-hybridized carbons (Fsp3) is 0.810. The maximum absolute atomic E-state index is 12.5. The lowest BCUT2D eigenvalue weighted by Crippen LogP contribution is -2.57. The second kappa shape index (κ2) is 5.66. The first-order chi connectivity index (χ1) is 11.8. The third-order valence-corrected chi connectivity index (χ3v) is 8.94. The van der Waals surface area contributed by atoms with Gasteiger partial charge in [-0.25, -0.2) is 0 Å². The Morgan fingerprint density at radius 3 is 2.60 bits per heavy atom. The Morgan fingerprint density at radius 1 is 1.16 bits per heavy atom. The first kappa shape index (κ1) is 17.7. The van der Waals surface area contributed by atoms with Crippen molar-refractivity contribution in [2.24, 2.45) is 28.6 Å². The van der Waals surface area contributed by atoms with Gasteiger partial charge in [-0.15, -0.1) is 11.6 Å². The van der Waals surface area contributed by atoms with Crippen LogP contribution in [0.3, 0.4) is 0 Å². The molecule has 4 heteroatoms. The fourth-order valence-electron chi connectivity index (χ4n) is 7.14. The first-order valence-electron chi connectivity index (χ1n) is 9.82. The predicted octanol–water partition coefficient (Wildman–Crippen LogP) is 4.06. The van der Waals surface area contributed by atoms with Crippen LogP contribution in [0.4, 0.5) is 0 Å². The standard InChI is InChI=1S/C21H29ClO3/c1-19-8-5-14(23)11-13(19)3-4-15-16(19)6-9-20(2)17(15)7-10-21(20,25)18(24)12-22/h11,15-17,25H,3-10,12H2,1-2H3/t15?,16?,17?,19-,20-,21-/m0/s1. The van der Waals surface area contributed by atoms with Crippen LogP contribution in [0, 0.1) is 28.6 Å². The van der Waals surface area contributed by atoms with Crippen molar-refractivity contribution in [1.82, 2.24) is 0 Å². The zero-order valence-corrected chi connectivity index (χ0v) is 16.1. The third-order valence-electron chi connectivity index (χ3n) is 8.70. The van der Waals surface area contributed by atoms with E-state index >= 15 is 0 Å². The molecule has 3 saturated carbocycles. The number of halogens is 1. The van der Waals surface area contributed by atoms with Crippen LogP contribution in [-0.2, 0) is 9.59 Å². The summed E-state index contributed by atoms with van der Waals surface area (Å²) >= 11 is 5.83. The summed E-state index contributed by atoms with van der Waals surface area (Å²) in [5.74, 6) is 1.51. The highest BCUT2D eigenvalue weighted by molar-refractivity contribution is 6.29. The van der Waals surface area contributed by atoms with E-state index in [9.17, 15) is 14.7 Å². The lowest BCUT2D eigenvalue weighted by atomic mass is 9.46. The highest BCUT2D eigenvalue weighted by atomic mass is 35.5. The highest BCUT2D eigenvalue weighted by Gasteiger charge is 2.65. The van der Waals surface area contributed by atoms with E-state index < -0.39 is 5.60 Å². The number of aliphatic hydroxyl groups is 1. The summed E-state index contributed by atoms with van der Waals surface area (Å²) < 4.78 is 0. The van der Waals surface area contributed by atoms with E-state index in [0.717, 1.165) is 38.5 Å². The molecule has 0 aromatic rings. The van der Waals surface area contributed by atoms with Crippen molar-refractivity contribution in [2.45, 2.75) is 70.8 Å². The number of hydrogen-bond acceptors (Lipinski definition) is 3. The number of rotatable bonds is 2. The molecule has 0 aromatic carbocycles. The number of carbonyl (C=O) groups excluding carboxylic acids is 2. The molecule has 6 atom stereocenters. The fourth-order valence-corrected chi connectivity index (χ4v) is 7.36. The van der Waals surface area contributed by atoms with Gasteiger partial charge in [-0.05, 0) is 74.2 Å². The van der Waals surface area contributed by atoms with Gasteiger partial charge in [0.15, 0.2) is 11.6 Å². The zero-order valence-electron chi connectivity index (χ0n) is 15.3. The van der Waals surface area contributed by atoms with Gasteiger partial charge in [0.25, 0.3) is 0 Å².